The molecule has 1 aromatic heterocycles. The molecule has 3 aliphatic heterocycles. The summed E-state index contributed by atoms with van der Waals surface area (Å²) in [5, 5.41) is 0.373. The van der Waals surface area contributed by atoms with Crippen LogP contribution in [-0.4, -0.2) is 70.9 Å². The van der Waals surface area contributed by atoms with E-state index in [1.54, 1.807) is 12.1 Å². The third kappa shape index (κ3) is 2.76. The van der Waals surface area contributed by atoms with E-state index in [1.807, 2.05) is 0 Å². The smallest absolute Gasteiger partial charge is 0.357 e. The van der Waals surface area contributed by atoms with Gasteiger partial charge in [0.05, 0.1) is 31.5 Å². The second-order valence-electron chi connectivity index (χ2n) is 7.20. The molecule has 2 aromatic rings. The zero-order valence-electron chi connectivity index (χ0n) is 16.6. The Balaban J connectivity index is 1.44. The number of nitrogens with zero attached hydrogens (tertiary/aromatic N) is 3. The number of imide groups is 1. The van der Waals surface area contributed by atoms with Crippen LogP contribution in [0.3, 0.4) is 0 Å². The Morgan fingerprint density at radius 2 is 1.72 bits per heavy atom. The number of fused-ring (bicyclic) bond motifs is 3. The highest BCUT2D eigenvalue weighted by molar-refractivity contribution is 6.21. The summed E-state index contributed by atoms with van der Waals surface area (Å²) in [4.78, 5) is 69.6. The minimum atomic E-state index is -1.29. The number of hydrogen-bond acceptors (Lipinski definition) is 9. The first-order valence-corrected chi connectivity index (χ1v) is 9.58. The van der Waals surface area contributed by atoms with Crippen LogP contribution in [0.2, 0.25) is 0 Å². The summed E-state index contributed by atoms with van der Waals surface area (Å²) in [6.45, 7) is -0.179. The average molecular weight is 440 g/mol. The fourth-order valence-corrected chi connectivity index (χ4v) is 3.94. The normalized spacial score (nSPS) is 21.5. The molecule has 164 valence electrons. The first-order chi connectivity index (χ1) is 15.4. The summed E-state index contributed by atoms with van der Waals surface area (Å²) in [5.41, 5.74) is 2.57. The Hall–Kier alpha value is -4.19. The molecule has 3 aliphatic rings. The number of morpholine rings is 1. The van der Waals surface area contributed by atoms with Gasteiger partial charge in [0.2, 0.25) is 5.43 Å². The van der Waals surface area contributed by atoms with Crippen LogP contribution < -0.4 is 15.6 Å². The molecule has 32 heavy (non-hydrogen) atoms. The lowest BCUT2D eigenvalue weighted by Crippen LogP contribution is -2.65. The number of amides is 3. The van der Waals surface area contributed by atoms with Crippen LogP contribution in [0.5, 0.6) is 5.75 Å². The van der Waals surface area contributed by atoms with Crippen molar-refractivity contribution in [3.63, 3.8) is 0 Å². The molecule has 1 N–H and O–H groups in total. The van der Waals surface area contributed by atoms with E-state index in [1.165, 1.54) is 36.2 Å². The van der Waals surface area contributed by atoms with Crippen molar-refractivity contribution in [2.75, 3.05) is 25.7 Å². The number of benzene rings is 1. The van der Waals surface area contributed by atoms with Gasteiger partial charge in [0.1, 0.15) is 6.17 Å². The monoisotopic (exact) mass is 440 g/mol. The van der Waals surface area contributed by atoms with Crippen LogP contribution in [-0.2, 0) is 14.4 Å². The third-order valence-corrected chi connectivity index (χ3v) is 5.42. The van der Waals surface area contributed by atoms with Crippen molar-refractivity contribution in [1.82, 2.24) is 14.6 Å². The third-order valence-electron chi connectivity index (χ3n) is 5.42. The maximum absolute atomic E-state index is 13.3. The minimum Gasteiger partial charge on any atom is -0.491 e. The summed E-state index contributed by atoms with van der Waals surface area (Å²) in [6.07, 6.45) is 0.603. The summed E-state index contributed by atoms with van der Waals surface area (Å²) < 4.78 is 11.9. The Bertz CT molecular complexity index is 1200. The van der Waals surface area contributed by atoms with Crippen LogP contribution in [0.25, 0.3) is 0 Å². The highest BCUT2D eigenvalue weighted by Gasteiger charge is 2.47. The van der Waals surface area contributed by atoms with E-state index in [0.717, 1.165) is 4.90 Å². The summed E-state index contributed by atoms with van der Waals surface area (Å²) in [5.74, 6) is -3.47. The van der Waals surface area contributed by atoms with Crippen LogP contribution in [0, 0.1) is 0 Å². The Morgan fingerprint density at radius 3 is 2.38 bits per heavy atom. The topological polar surface area (TPSA) is 136 Å². The molecule has 3 amide bonds. The van der Waals surface area contributed by atoms with Crippen molar-refractivity contribution < 1.29 is 33.5 Å². The molecule has 4 heterocycles. The second kappa shape index (κ2) is 7.20. The molecular weight excluding hydrogens is 424 g/mol. The number of aromatic nitrogens is 1. The van der Waals surface area contributed by atoms with Crippen LogP contribution in [0.15, 0.2) is 41.3 Å². The predicted octanol–water partition coefficient (Wildman–Crippen LogP) is -0.664. The lowest BCUT2D eigenvalue weighted by atomic mass is 10.1. The molecule has 0 unspecified atom stereocenters. The average Bonchev–Trinajstić information content (AvgIpc) is 3.04. The number of carbonyl (C=O) groups excluding carboxylic acids is 4. The zero-order valence-corrected chi connectivity index (χ0v) is 16.6. The van der Waals surface area contributed by atoms with Crippen molar-refractivity contribution in [2.24, 2.45) is 0 Å². The van der Waals surface area contributed by atoms with Gasteiger partial charge in [-0.05, 0) is 12.1 Å². The molecule has 5 rings (SSSR count). The van der Waals surface area contributed by atoms with Crippen LogP contribution >= 0.6 is 0 Å². The van der Waals surface area contributed by atoms with E-state index >= 15 is 0 Å². The van der Waals surface area contributed by atoms with Gasteiger partial charge in [0.15, 0.2) is 17.5 Å². The highest BCUT2D eigenvalue weighted by atomic mass is 16.7. The molecule has 0 saturated carbocycles. The van der Waals surface area contributed by atoms with Gasteiger partial charge < -0.3 is 19.7 Å². The number of methoxy groups -OCH3 is 1. The van der Waals surface area contributed by atoms with Crippen molar-refractivity contribution in [3.8, 4) is 5.75 Å². The molecule has 0 bridgehead atoms. The minimum absolute atomic E-state index is 0.0520. The SMILES string of the molecule is COc1c2n(ccc1=O)N[C@@H]1COC[C@@H](C(=O)ON3C(=O)c4ccccc4C3=O)N1C2=O. The Kier molecular flexibility index (Phi) is 4.44. The van der Waals surface area contributed by atoms with E-state index < -0.39 is 41.3 Å². The standard InChI is InChI=1S/C20H16N4O8/c1-30-16-13(25)6-7-22-15(16)19(28)23-12(8-31-9-14(23)21-22)20(29)32-24-17(26)10-4-2-3-5-11(10)18(24)27/h2-7,12,14,21H,8-9H2,1H3/t12-,14-/m0/s1. The summed E-state index contributed by atoms with van der Waals surface area (Å²) in [6, 6.07) is 6.01. The largest absolute Gasteiger partial charge is 0.491 e. The highest BCUT2D eigenvalue weighted by Crippen LogP contribution is 2.27. The van der Waals surface area contributed by atoms with E-state index in [-0.39, 0.29) is 35.8 Å². The van der Waals surface area contributed by atoms with Gasteiger partial charge in [0, 0.05) is 12.3 Å². The zero-order chi connectivity index (χ0) is 22.6. The number of rotatable bonds is 3. The molecular formula is C20H16N4O8. The maximum Gasteiger partial charge on any atom is 0.357 e. The second-order valence-corrected chi connectivity index (χ2v) is 7.20. The van der Waals surface area contributed by atoms with Gasteiger partial charge in [0.25, 0.3) is 17.7 Å². The Morgan fingerprint density at radius 1 is 1.03 bits per heavy atom. The number of hydroxylamine groups is 2. The van der Waals surface area contributed by atoms with Gasteiger partial charge in [-0.15, -0.1) is 0 Å². The molecule has 0 radical (unpaired) electrons. The van der Waals surface area contributed by atoms with Crippen molar-refractivity contribution in [2.45, 2.75) is 12.2 Å². The lowest BCUT2D eigenvalue weighted by Gasteiger charge is -2.44. The van der Waals surface area contributed by atoms with E-state index in [0.29, 0.717) is 5.06 Å². The molecule has 1 aromatic carbocycles. The van der Waals surface area contributed by atoms with Gasteiger partial charge in [-0.3, -0.25) is 28.8 Å². The number of carbonyl (C=O) groups is 4. The number of ether oxygens (including phenoxy) is 2. The van der Waals surface area contributed by atoms with Crippen molar-refractivity contribution >= 4 is 23.7 Å². The number of nitrogens with one attached hydrogen (secondary N) is 1. The Labute approximate surface area is 179 Å². The molecule has 12 heteroatoms. The molecule has 1 fully saturated rings. The predicted molar refractivity (Wildman–Crippen MR) is 104 cm³/mol. The van der Waals surface area contributed by atoms with Gasteiger partial charge in [-0.2, -0.15) is 0 Å². The molecule has 2 atom stereocenters. The van der Waals surface area contributed by atoms with E-state index in [4.69, 9.17) is 14.3 Å². The number of hydrogen-bond donors (Lipinski definition) is 1. The lowest BCUT2D eigenvalue weighted by molar-refractivity contribution is -0.181. The van der Waals surface area contributed by atoms with Crippen molar-refractivity contribution in [3.05, 3.63) is 63.6 Å². The van der Waals surface area contributed by atoms with Gasteiger partial charge >= 0.3 is 5.97 Å². The van der Waals surface area contributed by atoms with Gasteiger partial charge in [-0.1, -0.05) is 17.2 Å². The molecule has 12 nitrogen and oxygen atoms in total. The van der Waals surface area contributed by atoms with E-state index in [9.17, 15) is 24.0 Å². The fourth-order valence-electron chi connectivity index (χ4n) is 3.94. The summed E-state index contributed by atoms with van der Waals surface area (Å²) >= 11 is 0. The number of pyridine rings is 1. The molecule has 0 aliphatic carbocycles. The molecule has 0 spiro atoms. The first kappa shape index (κ1) is 19.8. The molecule has 1 saturated heterocycles. The van der Waals surface area contributed by atoms with Crippen molar-refractivity contribution in [1.29, 1.82) is 0 Å². The fraction of sp³-hybridized carbons (Fsp3) is 0.250. The van der Waals surface area contributed by atoms with Gasteiger partial charge in [-0.25, -0.2) is 4.79 Å². The summed E-state index contributed by atoms with van der Waals surface area (Å²) in [7, 11) is 1.25. The van der Waals surface area contributed by atoms with Crippen LogP contribution in [0.4, 0.5) is 0 Å². The quantitative estimate of drug-likeness (QED) is 0.617. The first-order valence-electron chi connectivity index (χ1n) is 9.58. The van der Waals surface area contributed by atoms with E-state index in [2.05, 4.69) is 5.43 Å². The van der Waals surface area contributed by atoms with Crippen LogP contribution in [0.1, 0.15) is 31.2 Å². The maximum atomic E-state index is 13.3.